The van der Waals surface area contributed by atoms with Crippen molar-refractivity contribution in [2.45, 2.75) is 11.8 Å². The van der Waals surface area contributed by atoms with Crippen molar-refractivity contribution in [2.24, 2.45) is 0 Å². The Hall–Kier alpha value is -2.75. The Kier molecular flexibility index (Phi) is 6.63. The number of morpholine rings is 1. The van der Waals surface area contributed by atoms with Gasteiger partial charge in [-0.05, 0) is 36.8 Å². The van der Waals surface area contributed by atoms with Gasteiger partial charge in [0.25, 0.3) is 5.91 Å². The minimum atomic E-state index is -3.74. The lowest BCUT2D eigenvalue weighted by Crippen LogP contribution is -2.40. The van der Waals surface area contributed by atoms with Gasteiger partial charge in [0.2, 0.25) is 10.0 Å². The zero-order valence-corrected chi connectivity index (χ0v) is 16.8. The van der Waals surface area contributed by atoms with E-state index in [2.05, 4.69) is 5.32 Å². The molecule has 0 saturated carbocycles. The molecule has 2 aromatic rings. The SMILES string of the molecule is Cc1ccc(S(=O)(=O)N2CCOCC2)cc1C(=O)OCC(=O)Nc1ccccc1. The van der Waals surface area contributed by atoms with Crippen molar-refractivity contribution < 1.29 is 27.5 Å². The fourth-order valence-electron chi connectivity index (χ4n) is 2.84. The maximum atomic E-state index is 12.8. The second-order valence-electron chi connectivity index (χ2n) is 6.48. The van der Waals surface area contributed by atoms with E-state index in [1.807, 2.05) is 6.07 Å². The summed E-state index contributed by atoms with van der Waals surface area (Å²) in [6, 6.07) is 13.1. The van der Waals surface area contributed by atoms with Crippen molar-refractivity contribution in [3.05, 3.63) is 59.7 Å². The third kappa shape index (κ3) is 5.20. The molecule has 1 heterocycles. The van der Waals surface area contributed by atoms with Crippen LogP contribution in [0, 0.1) is 6.92 Å². The van der Waals surface area contributed by atoms with Crippen molar-refractivity contribution >= 4 is 27.6 Å². The molecule has 1 saturated heterocycles. The van der Waals surface area contributed by atoms with Gasteiger partial charge in [-0.15, -0.1) is 0 Å². The quantitative estimate of drug-likeness (QED) is 0.718. The van der Waals surface area contributed by atoms with Crippen LogP contribution in [0.5, 0.6) is 0 Å². The van der Waals surface area contributed by atoms with Gasteiger partial charge in [-0.25, -0.2) is 13.2 Å². The highest BCUT2D eigenvalue weighted by Gasteiger charge is 2.27. The van der Waals surface area contributed by atoms with Crippen LogP contribution >= 0.6 is 0 Å². The van der Waals surface area contributed by atoms with E-state index in [0.29, 0.717) is 24.5 Å². The van der Waals surface area contributed by atoms with Gasteiger partial charge in [0.15, 0.2) is 6.61 Å². The number of sulfonamides is 1. The van der Waals surface area contributed by atoms with E-state index in [1.54, 1.807) is 37.3 Å². The van der Waals surface area contributed by atoms with Crippen LogP contribution in [0.15, 0.2) is 53.4 Å². The van der Waals surface area contributed by atoms with Crippen molar-refractivity contribution in [2.75, 3.05) is 38.2 Å². The van der Waals surface area contributed by atoms with Crippen LogP contribution in [0.3, 0.4) is 0 Å². The van der Waals surface area contributed by atoms with E-state index in [4.69, 9.17) is 9.47 Å². The Morgan fingerprint density at radius 1 is 1.10 bits per heavy atom. The number of nitrogens with one attached hydrogen (secondary N) is 1. The third-order valence-corrected chi connectivity index (χ3v) is 6.32. The minimum Gasteiger partial charge on any atom is -0.452 e. The number of carbonyl (C=O) groups is 2. The van der Waals surface area contributed by atoms with Gasteiger partial charge in [0, 0.05) is 18.8 Å². The van der Waals surface area contributed by atoms with Crippen LogP contribution in [0.4, 0.5) is 5.69 Å². The van der Waals surface area contributed by atoms with E-state index in [9.17, 15) is 18.0 Å². The molecule has 1 aliphatic rings. The first-order valence-corrected chi connectivity index (χ1v) is 10.5. The van der Waals surface area contributed by atoms with Crippen LogP contribution in [-0.2, 0) is 24.3 Å². The molecule has 3 rings (SSSR count). The average Bonchev–Trinajstić information content (AvgIpc) is 2.73. The van der Waals surface area contributed by atoms with E-state index in [0.717, 1.165) is 0 Å². The number of nitrogens with zero attached hydrogens (tertiary/aromatic N) is 1. The smallest absolute Gasteiger partial charge is 0.338 e. The molecule has 154 valence electrons. The summed E-state index contributed by atoms with van der Waals surface area (Å²) in [4.78, 5) is 24.4. The molecule has 0 radical (unpaired) electrons. The number of rotatable bonds is 6. The lowest BCUT2D eigenvalue weighted by Gasteiger charge is -2.26. The van der Waals surface area contributed by atoms with E-state index in [1.165, 1.54) is 16.4 Å². The van der Waals surface area contributed by atoms with Crippen LogP contribution in [0.1, 0.15) is 15.9 Å². The topological polar surface area (TPSA) is 102 Å². The Morgan fingerprint density at radius 3 is 2.48 bits per heavy atom. The number of hydrogen-bond donors (Lipinski definition) is 1. The van der Waals surface area contributed by atoms with Crippen molar-refractivity contribution in [1.29, 1.82) is 0 Å². The molecular formula is C20H22N2O6S. The predicted octanol–water partition coefficient (Wildman–Crippen LogP) is 1.81. The summed E-state index contributed by atoms with van der Waals surface area (Å²) in [6.07, 6.45) is 0. The molecule has 0 bridgehead atoms. The standard InChI is InChI=1S/C20H22N2O6S/c1-15-7-8-17(29(25,26)22-9-11-27-12-10-22)13-18(15)20(24)28-14-19(23)21-16-5-3-2-4-6-16/h2-8,13H,9-12,14H2,1H3,(H,21,23). The number of amides is 1. The van der Waals surface area contributed by atoms with Crippen LogP contribution in [-0.4, -0.2) is 57.5 Å². The van der Waals surface area contributed by atoms with Crippen LogP contribution < -0.4 is 5.32 Å². The second-order valence-corrected chi connectivity index (χ2v) is 8.42. The van der Waals surface area contributed by atoms with Gasteiger partial charge in [-0.1, -0.05) is 24.3 Å². The van der Waals surface area contributed by atoms with Gasteiger partial charge in [0.1, 0.15) is 0 Å². The fourth-order valence-corrected chi connectivity index (χ4v) is 4.28. The van der Waals surface area contributed by atoms with Crippen LogP contribution in [0.25, 0.3) is 0 Å². The summed E-state index contributed by atoms with van der Waals surface area (Å²) in [5, 5.41) is 2.61. The van der Waals surface area contributed by atoms with Crippen LogP contribution in [0.2, 0.25) is 0 Å². The number of carbonyl (C=O) groups excluding carboxylic acids is 2. The van der Waals surface area contributed by atoms with Gasteiger partial charge in [-0.2, -0.15) is 4.31 Å². The Bertz CT molecular complexity index is 985. The molecule has 0 aromatic heterocycles. The molecule has 0 spiro atoms. The highest BCUT2D eigenvalue weighted by Crippen LogP contribution is 2.21. The summed E-state index contributed by atoms with van der Waals surface area (Å²) in [5.74, 6) is -1.25. The lowest BCUT2D eigenvalue weighted by atomic mass is 10.1. The van der Waals surface area contributed by atoms with E-state index < -0.39 is 28.5 Å². The summed E-state index contributed by atoms with van der Waals surface area (Å²) >= 11 is 0. The molecule has 1 aliphatic heterocycles. The molecule has 1 amide bonds. The number of benzene rings is 2. The molecular weight excluding hydrogens is 396 g/mol. The number of ether oxygens (including phenoxy) is 2. The van der Waals surface area contributed by atoms with E-state index in [-0.39, 0.29) is 23.5 Å². The number of anilines is 1. The number of esters is 1. The fraction of sp³-hybridized carbons (Fsp3) is 0.300. The molecule has 2 aromatic carbocycles. The molecule has 0 atom stereocenters. The summed E-state index contributed by atoms with van der Waals surface area (Å²) in [7, 11) is -3.74. The molecule has 1 N–H and O–H groups in total. The van der Waals surface area contributed by atoms with E-state index >= 15 is 0 Å². The van der Waals surface area contributed by atoms with Gasteiger partial charge in [-0.3, -0.25) is 4.79 Å². The summed E-state index contributed by atoms with van der Waals surface area (Å²) < 4.78 is 37.2. The monoisotopic (exact) mass is 418 g/mol. The molecule has 9 heteroatoms. The Labute approximate surface area is 169 Å². The molecule has 8 nitrogen and oxygen atoms in total. The molecule has 0 unspecified atom stereocenters. The largest absolute Gasteiger partial charge is 0.452 e. The van der Waals surface area contributed by atoms with Crippen molar-refractivity contribution in [3.63, 3.8) is 0 Å². The summed E-state index contributed by atoms with van der Waals surface area (Å²) in [5.41, 5.74) is 1.24. The van der Waals surface area contributed by atoms with Gasteiger partial charge >= 0.3 is 5.97 Å². The van der Waals surface area contributed by atoms with Crippen molar-refractivity contribution in [3.8, 4) is 0 Å². The lowest BCUT2D eigenvalue weighted by molar-refractivity contribution is -0.119. The summed E-state index contributed by atoms with van der Waals surface area (Å²) in [6.45, 7) is 2.37. The number of para-hydroxylation sites is 1. The first-order valence-electron chi connectivity index (χ1n) is 9.08. The predicted molar refractivity (Wildman–Crippen MR) is 106 cm³/mol. The maximum absolute atomic E-state index is 12.8. The second kappa shape index (κ2) is 9.17. The zero-order chi connectivity index (χ0) is 20.9. The Balaban J connectivity index is 1.68. The molecule has 29 heavy (non-hydrogen) atoms. The highest BCUT2D eigenvalue weighted by atomic mass is 32.2. The first kappa shape index (κ1) is 21.0. The molecule has 0 aliphatic carbocycles. The zero-order valence-electron chi connectivity index (χ0n) is 16.0. The number of hydrogen-bond acceptors (Lipinski definition) is 6. The maximum Gasteiger partial charge on any atom is 0.338 e. The van der Waals surface area contributed by atoms with Gasteiger partial charge in [0.05, 0.1) is 23.7 Å². The molecule has 1 fully saturated rings. The average molecular weight is 418 g/mol. The first-order chi connectivity index (χ1) is 13.9. The Morgan fingerprint density at radius 2 is 1.79 bits per heavy atom. The normalized spacial score (nSPS) is 14.9. The third-order valence-electron chi connectivity index (χ3n) is 4.43. The van der Waals surface area contributed by atoms with Gasteiger partial charge < -0.3 is 14.8 Å². The highest BCUT2D eigenvalue weighted by molar-refractivity contribution is 7.89. The number of aryl methyl sites for hydroxylation is 1. The minimum absolute atomic E-state index is 0.00527. The van der Waals surface area contributed by atoms with Crippen molar-refractivity contribution in [1.82, 2.24) is 4.31 Å².